The number of ether oxygens (including phenoxy) is 1. The highest BCUT2D eigenvalue weighted by atomic mass is 16.5. The molecule has 0 bridgehead atoms. The van der Waals surface area contributed by atoms with E-state index in [1.54, 1.807) is 13.3 Å². The minimum atomic E-state index is -0.694. The molecular formula is C14H15NO2. The topological polar surface area (TPSA) is 42.4 Å². The summed E-state index contributed by atoms with van der Waals surface area (Å²) in [6.07, 6.45) is 0.982. The van der Waals surface area contributed by atoms with Gasteiger partial charge in [0.1, 0.15) is 11.9 Å². The Balaban J connectivity index is 2.32. The van der Waals surface area contributed by atoms with Crippen LogP contribution in [0.3, 0.4) is 0 Å². The standard InChI is InChI=1S/C14H15NO2/c1-10-9-11(6-7-13(10)17-2)14(16)12-5-3-4-8-15-12/h3-9,14,16H,1-2H3. The van der Waals surface area contributed by atoms with Gasteiger partial charge in [0.25, 0.3) is 0 Å². The molecule has 1 aromatic carbocycles. The van der Waals surface area contributed by atoms with Gasteiger partial charge in [-0.2, -0.15) is 0 Å². The zero-order valence-corrected chi connectivity index (χ0v) is 9.92. The summed E-state index contributed by atoms with van der Waals surface area (Å²) in [4.78, 5) is 4.15. The van der Waals surface area contributed by atoms with Crippen LogP contribution in [-0.4, -0.2) is 17.2 Å². The van der Waals surface area contributed by atoms with E-state index in [-0.39, 0.29) is 0 Å². The van der Waals surface area contributed by atoms with Crippen molar-refractivity contribution in [3.8, 4) is 5.75 Å². The fourth-order valence-corrected chi connectivity index (χ4v) is 1.78. The highest BCUT2D eigenvalue weighted by Crippen LogP contribution is 2.25. The number of methoxy groups -OCH3 is 1. The first-order valence-electron chi connectivity index (χ1n) is 5.46. The van der Waals surface area contributed by atoms with Crippen LogP contribution in [0.1, 0.15) is 22.9 Å². The molecule has 0 radical (unpaired) electrons. The Labute approximate surface area is 101 Å². The van der Waals surface area contributed by atoms with Gasteiger partial charge in [0.15, 0.2) is 0 Å². The maximum atomic E-state index is 10.2. The molecule has 1 heterocycles. The van der Waals surface area contributed by atoms with Gasteiger partial charge < -0.3 is 9.84 Å². The number of aliphatic hydroxyl groups excluding tert-OH is 1. The fraction of sp³-hybridized carbons (Fsp3) is 0.214. The van der Waals surface area contributed by atoms with E-state index in [0.29, 0.717) is 5.69 Å². The maximum absolute atomic E-state index is 10.2. The highest BCUT2D eigenvalue weighted by molar-refractivity contribution is 5.38. The largest absolute Gasteiger partial charge is 0.496 e. The summed E-state index contributed by atoms with van der Waals surface area (Å²) < 4.78 is 5.19. The Kier molecular flexibility index (Phi) is 3.40. The molecule has 88 valence electrons. The highest BCUT2D eigenvalue weighted by Gasteiger charge is 2.12. The van der Waals surface area contributed by atoms with Crippen LogP contribution in [0.5, 0.6) is 5.75 Å². The number of nitrogens with zero attached hydrogens (tertiary/aromatic N) is 1. The number of aromatic nitrogens is 1. The second-order valence-electron chi connectivity index (χ2n) is 3.89. The van der Waals surface area contributed by atoms with Gasteiger partial charge in [-0.25, -0.2) is 0 Å². The number of aliphatic hydroxyl groups is 1. The zero-order valence-electron chi connectivity index (χ0n) is 9.92. The number of benzene rings is 1. The molecule has 2 aromatic rings. The second kappa shape index (κ2) is 4.97. The quantitative estimate of drug-likeness (QED) is 0.879. The van der Waals surface area contributed by atoms with Gasteiger partial charge in [-0.1, -0.05) is 12.1 Å². The Hall–Kier alpha value is -1.87. The van der Waals surface area contributed by atoms with Crippen molar-refractivity contribution in [2.24, 2.45) is 0 Å². The molecule has 0 spiro atoms. The van der Waals surface area contributed by atoms with Crippen molar-refractivity contribution >= 4 is 0 Å². The van der Waals surface area contributed by atoms with Gasteiger partial charge >= 0.3 is 0 Å². The smallest absolute Gasteiger partial charge is 0.121 e. The molecule has 0 aliphatic carbocycles. The van der Waals surface area contributed by atoms with Gasteiger partial charge in [-0.3, -0.25) is 4.98 Å². The molecule has 0 aliphatic heterocycles. The first-order chi connectivity index (χ1) is 8.22. The average Bonchev–Trinajstić information content (AvgIpc) is 2.39. The lowest BCUT2D eigenvalue weighted by molar-refractivity contribution is 0.215. The molecule has 17 heavy (non-hydrogen) atoms. The summed E-state index contributed by atoms with van der Waals surface area (Å²) in [5, 5.41) is 10.2. The van der Waals surface area contributed by atoms with Crippen LogP contribution in [0.15, 0.2) is 42.6 Å². The predicted molar refractivity (Wildman–Crippen MR) is 66.0 cm³/mol. The molecule has 1 atom stereocenters. The van der Waals surface area contributed by atoms with E-state index in [9.17, 15) is 5.11 Å². The van der Waals surface area contributed by atoms with Crippen molar-refractivity contribution in [3.63, 3.8) is 0 Å². The molecule has 1 aromatic heterocycles. The minimum Gasteiger partial charge on any atom is -0.496 e. The lowest BCUT2D eigenvalue weighted by Gasteiger charge is -2.12. The van der Waals surface area contributed by atoms with Crippen molar-refractivity contribution in [1.82, 2.24) is 4.98 Å². The molecule has 1 unspecified atom stereocenters. The zero-order chi connectivity index (χ0) is 12.3. The molecule has 1 N–H and O–H groups in total. The van der Waals surface area contributed by atoms with E-state index in [2.05, 4.69) is 4.98 Å². The third-order valence-electron chi connectivity index (χ3n) is 2.70. The lowest BCUT2D eigenvalue weighted by Crippen LogP contribution is -2.02. The van der Waals surface area contributed by atoms with Crippen molar-refractivity contribution in [1.29, 1.82) is 0 Å². The van der Waals surface area contributed by atoms with Gasteiger partial charge in [-0.05, 0) is 42.3 Å². The van der Waals surface area contributed by atoms with Crippen LogP contribution in [0.25, 0.3) is 0 Å². The molecule has 3 nitrogen and oxygen atoms in total. The monoisotopic (exact) mass is 229 g/mol. The van der Waals surface area contributed by atoms with E-state index in [0.717, 1.165) is 16.9 Å². The van der Waals surface area contributed by atoms with Gasteiger partial charge in [-0.15, -0.1) is 0 Å². The van der Waals surface area contributed by atoms with Crippen LogP contribution in [0.2, 0.25) is 0 Å². The van der Waals surface area contributed by atoms with Crippen LogP contribution < -0.4 is 4.74 Å². The second-order valence-corrected chi connectivity index (χ2v) is 3.89. The SMILES string of the molecule is COc1ccc(C(O)c2ccccn2)cc1C. The van der Waals surface area contributed by atoms with Gasteiger partial charge in [0.2, 0.25) is 0 Å². The summed E-state index contributed by atoms with van der Waals surface area (Å²) in [5.41, 5.74) is 2.47. The van der Waals surface area contributed by atoms with E-state index >= 15 is 0 Å². The van der Waals surface area contributed by atoms with Crippen molar-refractivity contribution < 1.29 is 9.84 Å². The Bertz CT molecular complexity index is 497. The van der Waals surface area contributed by atoms with Gasteiger partial charge in [0, 0.05) is 6.20 Å². The van der Waals surface area contributed by atoms with E-state index in [4.69, 9.17) is 4.74 Å². The number of aryl methyl sites for hydroxylation is 1. The van der Waals surface area contributed by atoms with Crippen molar-refractivity contribution in [2.45, 2.75) is 13.0 Å². The molecule has 0 saturated heterocycles. The molecular weight excluding hydrogens is 214 g/mol. The molecule has 0 amide bonds. The number of hydrogen-bond acceptors (Lipinski definition) is 3. The van der Waals surface area contributed by atoms with E-state index in [1.165, 1.54) is 0 Å². The van der Waals surface area contributed by atoms with Crippen molar-refractivity contribution in [2.75, 3.05) is 7.11 Å². The Morgan fingerprint density at radius 3 is 2.65 bits per heavy atom. The molecule has 3 heteroatoms. The summed E-state index contributed by atoms with van der Waals surface area (Å²) in [6.45, 7) is 1.95. The molecule has 2 rings (SSSR count). The van der Waals surface area contributed by atoms with Crippen LogP contribution in [-0.2, 0) is 0 Å². The van der Waals surface area contributed by atoms with Crippen molar-refractivity contribution in [3.05, 3.63) is 59.4 Å². The lowest BCUT2D eigenvalue weighted by atomic mass is 10.0. The van der Waals surface area contributed by atoms with Crippen LogP contribution >= 0.6 is 0 Å². The average molecular weight is 229 g/mol. The summed E-state index contributed by atoms with van der Waals surface area (Å²) in [6, 6.07) is 11.1. The Morgan fingerprint density at radius 1 is 1.24 bits per heavy atom. The minimum absolute atomic E-state index is 0.650. The van der Waals surface area contributed by atoms with E-state index in [1.807, 2.05) is 43.3 Å². The van der Waals surface area contributed by atoms with Gasteiger partial charge in [0.05, 0.1) is 12.8 Å². The van der Waals surface area contributed by atoms with Crippen LogP contribution in [0, 0.1) is 6.92 Å². The summed E-state index contributed by atoms with van der Waals surface area (Å²) >= 11 is 0. The first kappa shape index (κ1) is 11.6. The fourth-order valence-electron chi connectivity index (χ4n) is 1.78. The predicted octanol–water partition coefficient (Wildman–Crippen LogP) is 2.48. The first-order valence-corrected chi connectivity index (χ1v) is 5.46. The third kappa shape index (κ3) is 2.45. The molecule has 0 fully saturated rings. The number of hydrogen-bond donors (Lipinski definition) is 1. The summed E-state index contributed by atoms with van der Waals surface area (Å²) in [5.74, 6) is 0.821. The van der Waals surface area contributed by atoms with Crippen LogP contribution in [0.4, 0.5) is 0 Å². The Morgan fingerprint density at radius 2 is 2.06 bits per heavy atom. The normalized spacial score (nSPS) is 12.2. The third-order valence-corrected chi connectivity index (χ3v) is 2.70. The molecule has 0 saturated carbocycles. The maximum Gasteiger partial charge on any atom is 0.121 e. The number of rotatable bonds is 3. The van der Waals surface area contributed by atoms with E-state index < -0.39 is 6.10 Å². The summed E-state index contributed by atoms with van der Waals surface area (Å²) in [7, 11) is 1.64. The number of pyridine rings is 1. The molecule has 0 aliphatic rings.